The van der Waals surface area contributed by atoms with Crippen LogP contribution in [0.5, 0.6) is 0 Å². The molecule has 3 rings (SSSR count). The molecule has 0 bridgehead atoms. The summed E-state index contributed by atoms with van der Waals surface area (Å²) >= 11 is 0. The third kappa shape index (κ3) is 5.67. The van der Waals surface area contributed by atoms with Crippen molar-refractivity contribution in [2.45, 2.75) is 57.8 Å². The second-order valence-corrected chi connectivity index (χ2v) is 6.74. The van der Waals surface area contributed by atoms with Crippen molar-refractivity contribution < 1.29 is 9.53 Å². The smallest absolute Gasteiger partial charge is 0.249 e. The summed E-state index contributed by atoms with van der Waals surface area (Å²) in [6, 6.07) is 2.23. The van der Waals surface area contributed by atoms with Gasteiger partial charge in [0.15, 0.2) is 0 Å². The molecule has 3 heterocycles. The summed E-state index contributed by atoms with van der Waals surface area (Å²) in [5, 5.41) is 3.14. The van der Waals surface area contributed by atoms with E-state index < -0.39 is 0 Å². The minimum absolute atomic E-state index is 0. The van der Waals surface area contributed by atoms with Crippen LogP contribution in [-0.2, 0) is 9.53 Å². The number of carbonyl (C=O) groups is 1. The number of carbonyl (C=O) groups excluding carboxylic acids is 1. The van der Waals surface area contributed by atoms with E-state index in [1.165, 1.54) is 0 Å². The summed E-state index contributed by atoms with van der Waals surface area (Å²) in [6.07, 6.45) is 3.18. The van der Waals surface area contributed by atoms with Crippen molar-refractivity contribution in [3.8, 4) is 0 Å². The van der Waals surface area contributed by atoms with Gasteiger partial charge in [-0.15, -0.1) is 24.8 Å². The van der Waals surface area contributed by atoms with Crippen LogP contribution >= 0.6 is 24.8 Å². The summed E-state index contributed by atoms with van der Waals surface area (Å²) in [4.78, 5) is 23.4. The predicted molar refractivity (Wildman–Crippen MR) is 106 cm³/mol. The number of anilines is 1. The fraction of sp³-hybridized carbons (Fsp3) is 0.706. The van der Waals surface area contributed by atoms with Gasteiger partial charge >= 0.3 is 0 Å². The molecule has 2 aliphatic heterocycles. The third-order valence-corrected chi connectivity index (χ3v) is 4.78. The summed E-state index contributed by atoms with van der Waals surface area (Å²) < 4.78 is 5.67. The first kappa shape index (κ1) is 22.9. The Morgan fingerprint density at radius 1 is 1.23 bits per heavy atom. The Kier molecular flexibility index (Phi) is 9.03. The molecule has 9 heteroatoms. The number of halogens is 2. The van der Waals surface area contributed by atoms with Gasteiger partial charge in [-0.1, -0.05) is 0 Å². The Labute approximate surface area is 167 Å². The summed E-state index contributed by atoms with van der Waals surface area (Å²) in [6.45, 7) is 6.16. The Morgan fingerprint density at radius 2 is 1.92 bits per heavy atom. The van der Waals surface area contributed by atoms with Crippen LogP contribution in [0.3, 0.4) is 0 Å². The lowest BCUT2D eigenvalue weighted by Gasteiger charge is -2.33. The predicted octanol–water partition coefficient (Wildman–Crippen LogP) is 1.53. The van der Waals surface area contributed by atoms with Gasteiger partial charge in [-0.05, 0) is 39.5 Å². The largest absolute Gasteiger partial charge is 0.364 e. The maximum Gasteiger partial charge on any atom is 0.249 e. The molecule has 3 N–H and O–H groups in total. The Balaban J connectivity index is 0.00000169. The number of rotatable bonds is 4. The van der Waals surface area contributed by atoms with Crippen molar-refractivity contribution in [2.75, 3.05) is 24.5 Å². The highest BCUT2D eigenvalue weighted by molar-refractivity contribution is 5.85. The van der Waals surface area contributed by atoms with Crippen molar-refractivity contribution in [3.05, 3.63) is 17.6 Å². The molecule has 0 radical (unpaired) electrons. The topological polar surface area (TPSA) is 93.4 Å². The van der Waals surface area contributed by atoms with E-state index in [0.29, 0.717) is 6.54 Å². The van der Waals surface area contributed by atoms with Crippen LogP contribution in [0.2, 0.25) is 0 Å². The van der Waals surface area contributed by atoms with Crippen LogP contribution in [0, 0.1) is 13.8 Å². The number of hydrogen-bond donors (Lipinski definition) is 2. The molecule has 0 unspecified atom stereocenters. The molecule has 26 heavy (non-hydrogen) atoms. The average molecular weight is 406 g/mol. The van der Waals surface area contributed by atoms with Gasteiger partial charge < -0.3 is 20.7 Å². The number of nitrogens with zero attached hydrogens (tertiary/aromatic N) is 3. The van der Waals surface area contributed by atoms with Gasteiger partial charge in [0.05, 0.1) is 6.10 Å². The molecule has 2 atom stereocenters. The fourth-order valence-electron chi connectivity index (χ4n) is 3.48. The number of nitrogens with two attached hydrogens (primary N) is 1. The van der Waals surface area contributed by atoms with Gasteiger partial charge in [0.25, 0.3) is 0 Å². The van der Waals surface area contributed by atoms with Gasteiger partial charge in [-0.2, -0.15) is 0 Å². The van der Waals surface area contributed by atoms with E-state index in [4.69, 9.17) is 10.5 Å². The SMILES string of the molecule is Cc1cc(N2CCC(NC(=O)[C@@H]3CC[C@H](CN)O3)CC2)nc(C)n1.Cl.Cl. The van der Waals surface area contributed by atoms with Gasteiger partial charge in [-0.3, -0.25) is 4.79 Å². The number of aromatic nitrogens is 2. The van der Waals surface area contributed by atoms with Crippen LogP contribution < -0.4 is 16.0 Å². The van der Waals surface area contributed by atoms with E-state index in [2.05, 4.69) is 20.2 Å². The molecular weight excluding hydrogens is 377 g/mol. The number of aryl methyl sites for hydroxylation is 2. The number of nitrogens with one attached hydrogen (secondary N) is 1. The van der Waals surface area contributed by atoms with Crippen molar-refractivity contribution >= 4 is 36.5 Å². The zero-order valence-corrected chi connectivity index (χ0v) is 16.9. The molecule has 2 aliphatic rings. The molecule has 148 valence electrons. The van der Waals surface area contributed by atoms with Gasteiger partial charge in [0.1, 0.15) is 17.7 Å². The second kappa shape index (κ2) is 10.3. The first-order valence-corrected chi connectivity index (χ1v) is 8.78. The highest BCUT2D eigenvalue weighted by Gasteiger charge is 2.31. The molecule has 0 saturated carbocycles. The standard InChI is InChI=1S/C17H27N5O2.2ClH/c1-11-9-16(20-12(2)19-11)22-7-5-13(6-8-22)21-17(23)15-4-3-14(10-18)24-15;;/h9,13-15H,3-8,10,18H2,1-2H3,(H,21,23);2*1H/t14-,15+;;/m1../s1. The molecule has 0 aliphatic carbocycles. The van der Waals surface area contributed by atoms with Crippen LogP contribution in [0.1, 0.15) is 37.2 Å². The van der Waals surface area contributed by atoms with E-state index in [0.717, 1.165) is 56.1 Å². The zero-order valence-electron chi connectivity index (χ0n) is 15.3. The number of piperidine rings is 1. The molecule has 0 aromatic carbocycles. The zero-order chi connectivity index (χ0) is 17.1. The van der Waals surface area contributed by atoms with Crippen LogP contribution in [0.4, 0.5) is 5.82 Å². The minimum Gasteiger partial charge on any atom is -0.364 e. The van der Waals surface area contributed by atoms with E-state index in [1.54, 1.807) is 0 Å². The lowest BCUT2D eigenvalue weighted by Crippen LogP contribution is -2.48. The van der Waals surface area contributed by atoms with Crippen molar-refractivity contribution in [1.29, 1.82) is 0 Å². The van der Waals surface area contributed by atoms with Gasteiger partial charge in [0.2, 0.25) is 5.91 Å². The van der Waals surface area contributed by atoms with E-state index in [-0.39, 0.29) is 49.0 Å². The maximum absolute atomic E-state index is 12.3. The minimum atomic E-state index is -0.330. The first-order valence-electron chi connectivity index (χ1n) is 8.78. The number of amides is 1. The van der Waals surface area contributed by atoms with Crippen molar-refractivity contribution in [1.82, 2.24) is 15.3 Å². The molecule has 7 nitrogen and oxygen atoms in total. The summed E-state index contributed by atoms with van der Waals surface area (Å²) in [5.74, 6) is 1.79. The van der Waals surface area contributed by atoms with Crippen molar-refractivity contribution in [3.63, 3.8) is 0 Å². The fourth-order valence-corrected chi connectivity index (χ4v) is 3.48. The summed E-state index contributed by atoms with van der Waals surface area (Å²) in [5.41, 5.74) is 6.59. The van der Waals surface area contributed by atoms with Gasteiger partial charge in [-0.25, -0.2) is 9.97 Å². The van der Waals surface area contributed by atoms with Crippen LogP contribution in [0.25, 0.3) is 0 Å². The van der Waals surface area contributed by atoms with E-state index >= 15 is 0 Å². The van der Waals surface area contributed by atoms with Crippen LogP contribution in [0.15, 0.2) is 6.07 Å². The highest BCUT2D eigenvalue weighted by atomic mass is 35.5. The molecule has 0 spiro atoms. The molecule has 2 saturated heterocycles. The monoisotopic (exact) mass is 405 g/mol. The maximum atomic E-state index is 12.3. The molecule has 1 aromatic rings. The lowest BCUT2D eigenvalue weighted by atomic mass is 10.0. The second-order valence-electron chi connectivity index (χ2n) is 6.74. The summed E-state index contributed by atoms with van der Waals surface area (Å²) in [7, 11) is 0. The first-order chi connectivity index (χ1) is 11.5. The Hall–Kier alpha value is -1.15. The number of hydrogen-bond acceptors (Lipinski definition) is 6. The Bertz CT molecular complexity index is 576. The Morgan fingerprint density at radius 3 is 2.50 bits per heavy atom. The normalized spacial score (nSPS) is 23.1. The van der Waals surface area contributed by atoms with Crippen LogP contribution in [-0.4, -0.2) is 53.8 Å². The average Bonchev–Trinajstić information content (AvgIpc) is 3.04. The molecule has 2 fully saturated rings. The van der Waals surface area contributed by atoms with Gasteiger partial charge in [0, 0.05) is 37.4 Å². The molecular formula is C17H29Cl2N5O2. The highest BCUT2D eigenvalue weighted by Crippen LogP contribution is 2.21. The quantitative estimate of drug-likeness (QED) is 0.788. The van der Waals surface area contributed by atoms with E-state index in [1.807, 2.05) is 19.9 Å². The van der Waals surface area contributed by atoms with Crippen molar-refractivity contribution in [2.24, 2.45) is 5.73 Å². The number of ether oxygens (including phenoxy) is 1. The third-order valence-electron chi connectivity index (χ3n) is 4.78. The molecule has 1 amide bonds. The van der Waals surface area contributed by atoms with E-state index in [9.17, 15) is 4.79 Å². The molecule has 1 aromatic heterocycles. The lowest BCUT2D eigenvalue weighted by molar-refractivity contribution is -0.132.